The number of hydrogen-bond donors (Lipinski definition) is 2. The van der Waals surface area contributed by atoms with Gasteiger partial charge >= 0.3 is 5.97 Å². The van der Waals surface area contributed by atoms with E-state index in [0.29, 0.717) is 35.8 Å². The van der Waals surface area contributed by atoms with E-state index in [-0.39, 0.29) is 17.0 Å². The number of esters is 1. The SMILES string of the molecule is CCCOc1cccc(C(=O)NC(=S)Nc2ccc(C(=O)OCC)cc2)c1. The number of rotatable bonds is 7. The van der Waals surface area contributed by atoms with Gasteiger partial charge in [0.25, 0.3) is 5.91 Å². The first kappa shape index (κ1) is 20.4. The molecule has 2 rings (SSSR count). The Morgan fingerprint density at radius 2 is 1.78 bits per heavy atom. The van der Waals surface area contributed by atoms with Crippen LogP contribution in [0.15, 0.2) is 48.5 Å². The smallest absolute Gasteiger partial charge is 0.338 e. The molecule has 2 aromatic carbocycles. The highest BCUT2D eigenvalue weighted by molar-refractivity contribution is 7.80. The third kappa shape index (κ3) is 6.38. The minimum atomic E-state index is -0.384. The Hall–Kier alpha value is -2.93. The lowest BCUT2D eigenvalue weighted by molar-refractivity contribution is 0.0526. The van der Waals surface area contributed by atoms with Gasteiger partial charge in [0.05, 0.1) is 18.8 Å². The van der Waals surface area contributed by atoms with E-state index >= 15 is 0 Å². The van der Waals surface area contributed by atoms with Crippen molar-refractivity contribution in [3.63, 3.8) is 0 Å². The van der Waals surface area contributed by atoms with Crippen molar-refractivity contribution < 1.29 is 19.1 Å². The second kappa shape index (κ2) is 10.3. The summed E-state index contributed by atoms with van der Waals surface area (Å²) in [5, 5.41) is 5.68. The van der Waals surface area contributed by atoms with E-state index in [4.69, 9.17) is 21.7 Å². The maximum Gasteiger partial charge on any atom is 0.338 e. The molecule has 2 N–H and O–H groups in total. The van der Waals surface area contributed by atoms with Gasteiger partial charge in [0.15, 0.2) is 5.11 Å². The molecule has 6 nitrogen and oxygen atoms in total. The summed E-state index contributed by atoms with van der Waals surface area (Å²) in [6.07, 6.45) is 0.888. The minimum absolute atomic E-state index is 0.156. The van der Waals surface area contributed by atoms with Crippen LogP contribution < -0.4 is 15.4 Å². The highest BCUT2D eigenvalue weighted by Gasteiger charge is 2.10. The van der Waals surface area contributed by atoms with Gasteiger partial charge in [-0.3, -0.25) is 10.1 Å². The van der Waals surface area contributed by atoms with Crippen LogP contribution >= 0.6 is 12.2 Å². The van der Waals surface area contributed by atoms with Gasteiger partial charge < -0.3 is 14.8 Å². The summed E-state index contributed by atoms with van der Waals surface area (Å²) in [5.41, 5.74) is 1.54. The van der Waals surface area contributed by atoms with Crippen molar-refractivity contribution in [2.45, 2.75) is 20.3 Å². The number of anilines is 1. The highest BCUT2D eigenvalue weighted by Crippen LogP contribution is 2.14. The van der Waals surface area contributed by atoms with Crippen molar-refractivity contribution in [3.05, 3.63) is 59.7 Å². The van der Waals surface area contributed by atoms with E-state index in [9.17, 15) is 9.59 Å². The number of thiocarbonyl (C=S) groups is 1. The number of nitrogens with one attached hydrogen (secondary N) is 2. The van der Waals surface area contributed by atoms with Crippen LogP contribution in [-0.2, 0) is 4.74 Å². The maximum atomic E-state index is 12.3. The van der Waals surface area contributed by atoms with Gasteiger partial charge in [0.2, 0.25) is 0 Å². The van der Waals surface area contributed by atoms with Gasteiger partial charge in [-0.25, -0.2) is 4.79 Å². The van der Waals surface area contributed by atoms with E-state index in [1.807, 2.05) is 6.92 Å². The third-order valence-corrected chi connectivity index (χ3v) is 3.65. The zero-order valence-corrected chi connectivity index (χ0v) is 16.1. The Labute approximate surface area is 163 Å². The van der Waals surface area contributed by atoms with E-state index in [0.717, 1.165) is 6.42 Å². The molecular formula is C20H22N2O4S. The molecule has 0 saturated carbocycles. The molecule has 0 radical (unpaired) electrons. The van der Waals surface area contributed by atoms with Crippen LogP contribution in [0.25, 0.3) is 0 Å². The molecule has 7 heteroatoms. The van der Waals surface area contributed by atoms with E-state index in [1.165, 1.54) is 0 Å². The monoisotopic (exact) mass is 386 g/mol. The number of hydrogen-bond acceptors (Lipinski definition) is 5. The van der Waals surface area contributed by atoms with Crippen molar-refractivity contribution in [1.82, 2.24) is 5.32 Å². The van der Waals surface area contributed by atoms with Crippen molar-refractivity contribution in [2.24, 2.45) is 0 Å². The van der Waals surface area contributed by atoms with Crippen LogP contribution in [0.4, 0.5) is 5.69 Å². The average Bonchev–Trinajstić information content (AvgIpc) is 2.67. The molecule has 0 unspecified atom stereocenters. The Bertz CT molecular complexity index is 806. The molecule has 0 heterocycles. The zero-order chi connectivity index (χ0) is 19.6. The fourth-order valence-corrected chi connectivity index (χ4v) is 2.40. The summed E-state index contributed by atoms with van der Waals surface area (Å²) < 4.78 is 10.5. The number of ether oxygens (including phenoxy) is 2. The quantitative estimate of drug-likeness (QED) is 0.557. The molecule has 0 spiro atoms. The Balaban J connectivity index is 1.93. The first-order chi connectivity index (χ1) is 13.0. The third-order valence-electron chi connectivity index (χ3n) is 3.45. The lowest BCUT2D eigenvalue weighted by Gasteiger charge is -2.11. The van der Waals surface area contributed by atoms with Gasteiger partial charge in [0, 0.05) is 11.3 Å². The second-order valence-corrected chi connectivity index (χ2v) is 5.99. The predicted molar refractivity (Wildman–Crippen MR) is 108 cm³/mol. The molecule has 1 amide bonds. The summed E-state index contributed by atoms with van der Waals surface area (Å²) in [6, 6.07) is 13.5. The van der Waals surface area contributed by atoms with E-state index in [1.54, 1.807) is 55.5 Å². The average molecular weight is 386 g/mol. The molecule has 0 fully saturated rings. The molecule has 0 bridgehead atoms. The Morgan fingerprint density at radius 3 is 2.44 bits per heavy atom. The summed E-state index contributed by atoms with van der Waals surface area (Å²) in [5.74, 6) is -0.0828. The van der Waals surface area contributed by atoms with Crippen LogP contribution in [0.5, 0.6) is 5.75 Å². The molecule has 0 saturated heterocycles. The standard InChI is InChI=1S/C20H22N2O4S/c1-3-12-26-17-7-5-6-15(13-17)18(23)22-20(27)21-16-10-8-14(9-11-16)19(24)25-4-2/h5-11,13H,3-4,12H2,1-2H3,(H2,21,22,23,27). The van der Waals surface area contributed by atoms with Crippen molar-refractivity contribution in [2.75, 3.05) is 18.5 Å². The minimum Gasteiger partial charge on any atom is -0.494 e. The lowest BCUT2D eigenvalue weighted by Crippen LogP contribution is -2.34. The Morgan fingerprint density at radius 1 is 1.04 bits per heavy atom. The highest BCUT2D eigenvalue weighted by atomic mass is 32.1. The first-order valence-electron chi connectivity index (χ1n) is 8.65. The fourth-order valence-electron chi connectivity index (χ4n) is 2.19. The van der Waals surface area contributed by atoms with Gasteiger partial charge in [0.1, 0.15) is 5.75 Å². The Kier molecular flexibility index (Phi) is 7.76. The predicted octanol–water partition coefficient (Wildman–Crippen LogP) is 3.78. The number of carbonyl (C=O) groups excluding carboxylic acids is 2. The van der Waals surface area contributed by atoms with Crippen LogP contribution in [-0.4, -0.2) is 30.2 Å². The van der Waals surface area contributed by atoms with Crippen molar-refractivity contribution >= 4 is 34.9 Å². The molecule has 0 aliphatic heterocycles. The number of amides is 1. The number of benzene rings is 2. The summed E-state index contributed by atoms with van der Waals surface area (Å²) in [7, 11) is 0. The van der Waals surface area contributed by atoms with E-state index < -0.39 is 0 Å². The van der Waals surface area contributed by atoms with Crippen LogP contribution in [0.2, 0.25) is 0 Å². The summed E-state index contributed by atoms with van der Waals surface area (Å²) >= 11 is 5.18. The van der Waals surface area contributed by atoms with Gasteiger partial charge in [-0.1, -0.05) is 13.0 Å². The van der Waals surface area contributed by atoms with Crippen molar-refractivity contribution in [3.8, 4) is 5.75 Å². The molecule has 27 heavy (non-hydrogen) atoms. The molecule has 0 aromatic heterocycles. The first-order valence-corrected chi connectivity index (χ1v) is 9.06. The molecule has 2 aromatic rings. The van der Waals surface area contributed by atoms with E-state index in [2.05, 4.69) is 10.6 Å². The molecule has 0 aliphatic carbocycles. The lowest BCUT2D eigenvalue weighted by atomic mass is 10.2. The zero-order valence-electron chi connectivity index (χ0n) is 15.3. The molecule has 0 atom stereocenters. The largest absolute Gasteiger partial charge is 0.494 e. The summed E-state index contributed by atoms with van der Waals surface area (Å²) in [6.45, 7) is 4.67. The molecule has 0 aliphatic rings. The second-order valence-electron chi connectivity index (χ2n) is 5.58. The normalized spacial score (nSPS) is 10.0. The van der Waals surface area contributed by atoms with Crippen LogP contribution in [0.3, 0.4) is 0 Å². The summed E-state index contributed by atoms with van der Waals surface area (Å²) in [4.78, 5) is 24.0. The van der Waals surface area contributed by atoms with Gasteiger partial charge in [-0.2, -0.15) is 0 Å². The molecule has 142 valence electrons. The number of carbonyl (C=O) groups is 2. The fraction of sp³-hybridized carbons (Fsp3) is 0.250. The topological polar surface area (TPSA) is 76.7 Å². The van der Waals surface area contributed by atoms with Crippen LogP contribution in [0, 0.1) is 0 Å². The maximum absolute atomic E-state index is 12.3. The van der Waals surface area contributed by atoms with Crippen molar-refractivity contribution in [1.29, 1.82) is 0 Å². The van der Waals surface area contributed by atoms with Gasteiger partial charge in [-0.15, -0.1) is 0 Å². The van der Waals surface area contributed by atoms with Gasteiger partial charge in [-0.05, 0) is 68.0 Å². The van der Waals surface area contributed by atoms with Crippen LogP contribution in [0.1, 0.15) is 41.0 Å². The molecular weight excluding hydrogens is 364 g/mol.